The lowest BCUT2D eigenvalue weighted by molar-refractivity contribution is 0.314. The van der Waals surface area contributed by atoms with Gasteiger partial charge in [0.05, 0.1) is 6.61 Å². The van der Waals surface area contributed by atoms with Crippen LogP contribution in [0.2, 0.25) is 0 Å². The van der Waals surface area contributed by atoms with E-state index >= 15 is 0 Å². The van der Waals surface area contributed by atoms with Gasteiger partial charge in [-0.05, 0) is 31.2 Å². The summed E-state index contributed by atoms with van der Waals surface area (Å²) in [6, 6.07) is 12.2. The maximum absolute atomic E-state index is 5.99. The molecule has 0 spiro atoms. The fourth-order valence-electron chi connectivity index (χ4n) is 2.12. The van der Waals surface area contributed by atoms with Crippen molar-refractivity contribution in [1.82, 2.24) is 10.3 Å². The van der Waals surface area contributed by atoms with Crippen molar-refractivity contribution in [2.45, 2.75) is 26.8 Å². The molecule has 0 saturated heterocycles. The third kappa shape index (κ3) is 4.07. The second-order valence-electron chi connectivity index (χ2n) is 4.76. The Kier molecular flexibility index (Phi) is 5.56. The van der Waals surface area contributed by atoms with E-state index in [1.807, 2.05) is 24.4 Å². The second-order valence-corrected chi connectivity index (χ2v) is 4.76. The monoisotopic (exact) mass is 270 g/mol. The number of nitrogens with zero attached hydrogens (tertiary/aromatic N) is 1. The molecule has 0 radical (unpaired) electrons. The van der Waals surface area contributed by atoms with Gasteiger partial charge in [-0.15, -0.1) is 0 Å². The molecule has 0 aliphatic rings. The van der Waals surface area contributed by atoms with Crippen molar-refractivity contribution in [2.75, 3.05) is 13.2 Å². The highest BCUT2D eigenvalue weighted by molar-refractivity contribution is 5.40. The van der Waals surface area contributed by atoms with Crippen molar-refractivity contribution >= 4 is 0 Å². The third-order valence-corrected chi connectivity index (χ3v) is 3.19. The van der Waals surface area contributed by atoms with Gasteiger partial charge in [-0.1, -0.05) is 31.2 Å². The van der Waals surface area contributed by atoms with E-state index in [2.05, 4.69) is 42.3 Å². The van der Waals surface area contributed by atoms with Crippen LogP contribution < -0.4 is 10.1 Å². The van der Waals surface area contributed by atoms with Gasteiger partial charge in [-0.25, -0.2) is 0 Å². The van der Waals surface area contributed by atoms with Crippen molar-refractivity contribution in [3.05, 3.63) is 59.4 Å². The molecular weight excluding hydrogens is 248 g/mol. The van der Waals surface area contributed by atoms with Gasteiger partial charge in [0.2, 0.25) is 0 Å². The Morgan fingerprint density at radius 2 is 2.05 bits per heavy atom. The number of pyridine rings is 1. The van der Waals surface area contributed by atoms with Gasteiger partial charge in [0.25, 0.3) is 0 Å². The van der Waals surface area contributed by atoms with Crippen molar-refractivity contribution in [3.8, 4) is 5.75 Å². The number of aromatic nitrogens is 1. The van der Waals surface area contributed by atoms with Gasteiger partial charge in [-0.3, -0.25) is 4.98 Å². The van der Waals surface area contributed by atoms with E-state index in [4.69, 9.17) is 4.74 Å². The van der Waals surface area contributed by atoms with E-state index in [-0.39, 0.29) is 0 Å². The maximum Gasteiger partial charge on any atom is 0.126 e. The van der Waals surface area contributed by atoms with Gasteiger partial charge < -0.3 is 10.1 Å². The van der Waals surface area contributed by atoms with Crippen LogP contribution in [0.3, 0.4) is 0 Å². The van der Waals surface area contributed by atoms with Crippen LogP contribution in [0.25, 0.3) is 0 Å². The standard InChI is InChI=1S/C17H22N2O/c1-3-18-13-15-8-6-7-14(2)17(15)20-12-10-16-9-4-5-11-19-16/h4-9,11,18H,3,10,12-13H2,1-2H3. The number of hydrogen-bond acceptors (Lipinski definition) is 3. The molecule has 2 aromatic rings. The van der Waals surface area contributed by atoms with E-state index in [1.165, 1.54) is 11.1 Å². The summed E-state index contributed by atoms with van der Waals surface area (Å²) in [6.07, 6.45) is 2.65. The normalized spacial score (nSPS) is 10.5. The van der Waals surface area contributed by atoms with Gasteiger partial charge in [-0.2, -0.15) is 0 Å². The van der Waals surface area contributed by atoms with Crippen LogP contribution in [0.4, 0.5) is 0 Å². The van der Waals surface area contributed by atoms with Gasteiger partial charge in [0.1, 0.15) is 5.75 Å². The average Bonchev–Trinajstić information content (AvgIpc) is 2.48. The van der Waals surface area contributed by atoms with Crippen LogP contribution in [0.1, 0.15) is 23.7 Å². The summed E-state index contributed by atoms with van der Waals surface area (Å²) in [5.41, 5.74) is 3.46. The first-order valence-electron chi connectivity index (χ1n) is 7.13. The predicted molar refractivity (Wildman–Crippen MR) is 82.0 cm³/mol. The Hall–Kier alpha value is -1.87. The molecule has 0 bridgehead atoms. The summed E-state index contributed by atoms with van der Waals surface area (Å²) >= 11 is 0. The number of rotatable bonds is 7. The van der Waals surface area contributed by atoms with E-state index < -0.39 is 0 Å². The fourth-order valence-corrected chi connectivity index (χ4v) is 2.12. The molecular formula is C17H22N2O. The first-order chi connectivity index (χ1) is 9.81. The summed E-state index contributed by atoms with van der Waals surface area (Å²) in [4.78, 5) is 4.31. The number of nitrogens with one attached hydrogen (secondary N) is 1. The van der Waals surface area contributed by atoms with E-state index in [1.54, 1.807) is 0 Å². The molecule has 0 unspecified atom stereocenters. The molecule has 0 aliphatic carbocycles. The number of hydrogen-bond donors (Lipinski definition) is 1. The number of ether oxygens (including phenoxy) is 1. The van der Waals surface area contributed by atoms with E-state index in [9.17, 15) is 0 Å². The maximum atomic E-state index is 5.99. The van der Waals surface area contributed by atoms with Crippen LogP contribution in [-0.4, -0.2) is 18.1 Å². The Bertz CT molecular complexity index is 526. The Labute approximate surface area is 121 Å². The molecule has 20 heavy (non-hydrogen) atoms. The number of benzene rings is 1. The largest absolute Gasteiger partial charge is 0.493 e. The molecule has 3 heteroatoms. The first kappa shape index (κ1) is 14.5. The molecule has 0 atom stereocenters. The van der Waals surface area contributed by atoms with Gasteiger partial charge in [0, 0.05) is 30.4 Å². The van der Waals surface area contributed by atoms with Crippen LogP contribution in [0, 0.1) is 6.92 Å². The molecule has 1 aromatic heterocycles. The number of aryl methyl sites for hydroxylation is 1. The molecule has 1 N–H and O–H groups in total. The van der Waals surface area contributed by atoms with Crippen LogP contribution in [-0.2, 0) is 13.0 Å². The molecule has 1 heterocycles. The van der Waals surface area contributed by atoms with Crippen LogP contribution in [0.15, 0.2) is 42.6 Å². The van der Waals surface area contributed by atoms with Gasteiger partial charge >= 0.3 is 0 Å². The van der Waals surface area contributed by atoms with Gasteiger partial charge in [0.15, 0.2) is 0 Å². The summed E-state index contributed by atoms with van der Waals surface area (Å²) in [7, 11) is 0. The molecule has 1 aromatic carbocycles. The SMILES string of the molecule is CCNCc1cccc(C)c1OCCc1ccccn1. The summed E-state index contributed by atoms with van der Waals surface area (Å²) in [5, 5.41) is 3.35. The lowest BCUT2D eigenvalue weighted by Gasteiger charge is -2.14. The summed E-state index contributed by atoms with van der Waals surface area (Å²) < 4.78 is 5.99. The second kappa shape index (κ2) is 7.65. The lowest BCUT2D eigenvalue weighted by atomic mass is 10.1. The number of para-hydroxylation sites is 1. The molecule has 0 aliphatic heterocycles. The average molecular weight is 270 g/mol. The molecule has 3 nitrogen and oxygen atoms in total. The zero-order chi connectivity index (χ0) is 14.2. The fraction of sp³-hybridized carbons (Fsp3) is 0.353. The molecule has 0 saturated carbocycles. The Morgan fingerprint density at radius 3 is 2.80 bits per heavy atom. The smallest absolute Gasteiger partial charge is 0.126 e. The Balaban J connectivity index is 1.97. The summed E-state index contributed by atoms with van der Waals surface area (Å²) in [5.74, 6) is 1.00. The predicted octanol–water partition coefficient (Wildman–Crippen LogP) is 3.12. The van der Waals surface area contributed by atoms with E-state index in [0.717, 1.165) is 31.0 Å². The van der Waals surface area contributed by atoms with Crippen molar-refractivity contribution in [1.29, 1.82) is 0 Å². The lowest BCUT2D eigenvalue weighted by Crippen LogP contribution is -2.14. The van der Waals surface area contributed by atoms with Crippen LogP contribution in [0.5, 0.6) is 5.75 Å². The highest BCUT2D eigenvalue weighted by Crippen LogP contribution is 2.23. The summed E-state index contributed by atoms with van der Waals surface area (Å²) in [6.45, 7) is 6.66. The van der Waals surface area contributed by atoms with Crippen molar-refractivity contribution < 1.29 is 4.74 Å². The Morgan fingerprint density at radius 1 is 1.15 bits per heavy atom. The zero-order valence-corrected chi connectivity index (χ0v) is 12.2. The molecule has 106 valence electrons. The minimum Gasteiger partial charge on any atom is -0.493 e. The minimum absolute atomic E-state index is 0.654. The van der Waals surface area contributed by atoms with Crippen LogP contribution >= 0.6 is 0 Å². The van der Waals surface area contributed by atoms with Crippen molar-refractivity contribution in [2.24, 2.45) is 0 Å². The molecule has 0 fully saturated rings. The quantitative estimate of drug-likeness (QED) is 0.839. The molecule has 0 amide bonds. The van der Waals surface area contributed by atoms with Crippen molar-refractivity contribution in [3.63, 3.8) is 0 Å². The van der Waals surface area contributed by atoms with E-state index in [0.29, 0.717) is 6.61 Å². The topological polar surface area (TPSA) is 34.1 Å². The first-order valence-corrected chi connectivity index (χ1v) is 7.13. The third-order valence-electron chi connectivity index (χ3n) is 3.19. The molecule has 2 rings (SSSR count). The zero-order valence-electron chi connectivity index (χ0n) is 12.2. The highest BCUT2D eigenvalue weighted by Gasteiger charge is 2.06. The minimum atomic E-state index is 0.654. The highest BCUT2D eigenvalue weighted by atomic mass is 16.5.